The van der Waals surface area contributed by atoms with E-state index in [1.54, 1.807) is 23.1 Å². The fraction of sp³-hybridized carbons (Fsp3) is 0.440. The Hall–Kier alpha value is -2.41. The second kappa shape index (κ2) is 11.5. The van der Waals surface area contributed by atoms with Gasteiger partial charge in [0.1, 0.15) is 17.6 Å². The van der Waals surface area contributed by atoms with Crippen LogP contribution in [0.2, 0.25) is 0 Å². The van der Waals surface area contributed by atoms with Gasteiger partial charge >= 0.3 is 0 Å². The highest BCUT2D eigenvalue weighted by Gasteiger charge is 2.30. The van der Waals surface area contributed by atoms with Gasteiger partial charge in [-0.05, 0) is 67.6 Å². The zero-order valence-electron chi connectivity index (χ0n) is 18.6. The van der Waals surface area contributed by atoms with Gasteiger partial charge in [-0.25, -0.2) is 4.39 Å². The second-order valence-corrected chi connectivity index (χ2v) is 9.12. The minimum Gasteiger partial charge on any atom is -0.484 e. The second-order valence-electron chi connectivity index (χ2n) is 8.26. The van der Waals surface area contributed by atoms with Crippen molar-refractivity contribution in [2.75, 3.05) is 6.61 Å². The molecule has 0 aliphatic heterocycles. The molecule has 1 aliphatic rings. The smallest absolute Gasteiger partial charge is 0.261 e. The Morgan fingerprint density at radius 1 is 1.19 bits per heavy atom. The molecule has 5 nitrogen and oxygen atoms in total. The molecular formula is C25H30BrFN2O3. The van der Waals surface area contributed by atoms with E-state index in [4.69, 9.17) is 4.74 Å². The highest BCUT2D eigenvalue weighted by Crippen LogP contribution is 2.22. The molecule has 0 spiro atoms. The molecule has 32 heavy (non-hydrogen) atoms. The Morgan fingerprint density at radius 3 is 2.50 bits per heavy atom. The maximum Gasteiger partial charge on any atom is 0.261 e. The molecule has 2 aromatic rings. The first-order valence-corrected chi connectivity index (χ1v) is 11.9. The Bertz CT molecular complexity index is 929. The Labute approximate surface area is 197 Å². The van der Waals surface area contributed by atoms with Crippen molar-refractivity contribution >= 4 is 27.7 Å². The lowest BCUT2D eigenvalue weighted by molar-refractivity contribution is -0.143. The van der Waals surface area contributed by atoms with Crippen molar-refractivity contribution in [3.8, 4) is 5.75 Å². The number of nitrogens with one attached hydrogen (secondary N) is 1. The first-order chi connectivity index (χ1) is 15.4. The third-order valence-corrected chi connectivity index (χ3v) is 6.74. The van der Waals surface area contributed by atoms with Gasteiger partial charge in [0.2, 0.25) is 5.91 Å². The van der Waals surface area contributed by atoms with E-state index in [0.717, 1.165) is 41.3 Å². The first-order valence-electron chi connectivity index (χ1n) is 11.1. The molecule has 2 aromatic carbocycles. The van der Waals surface area contributed by atoms with Crippen molar-refractivity contribution in [2.45, 2.75) is 64.6 Å². The number of hydrogen-bond acceptors (Lipinski definition) is 3. The third kappa shape index (κ3) is 6.55. The molecule has 0 heterocycles. The summed E-state index contributed by atoms with van der Waals surface area (Å²) in [5, 5.41) is 3.11. The molecular weight excluding hydrogens is 475 g/mol. The Kier molecular flexibility index (Phi) is 8.67. The van der Waals surface area contributed by atoms with Gasteiger partial charge in [0, 0.05) is 17.1 Å². The molecule has 1 fully saturated rings. The first kappa shape index (κ1) is 24.2. The summed E-state index contributed by atoms with van der Waals surface area (Å²) in [6, 6.07) is 11.0. The van der Waals surface area contributed by atoms with Crippen LogP contribution in [0.25, 0.3) is 0 Å². The lowest BCUT2D eigenvalue weighted by Gasteiger charge is -2.31. The lowest BCUT2D eigenvalue weighted by Crippen LogP contribution is -2.52. The maximum absolute atomic E-state index is 13.4. The summed E-state index contributed by atoms with van der Waals surface area (Å²) in [6.07, 6.45) is 4.64. The number of carbonyl (C=O) groups is 2. The number of nitrogens with zero attached hydrogens (tertiary/aromatic N) is 1. The third-order valence-electron chi connectivity index (χ3n) is 5.85. The maximum atomic E-state index is 13.4. The Morgan fingerprint density at radius 2 is 1.88 bits per heavy atom. The number of rotatable bonds is 9. The average Bonchev–Trinajstić information content (AvgIpc) is 3.28. The van der Waals surface area contributed by atoms with E-state index in [0.29, 0.717) is 12.2 Å². The van der Waals surface area contributed by atoms with Crippen molar-refractivity contribution in [3.05, 3.63) is 63.9 Å². The van der Waals surface area contributed by atoms with Crippen molar-refractivity contribution in [2.24, 2.45) is 0 Å². The summed E-state index contributed by atoms with van der Waals surface area (Å²) >= 11 is 3.45. The standard InChI is InChI=1S/C25H30BrFN2O3/c1-3-23(25(31)28-20-6-4-5-7-20)29(15-18-8-10-19(27)11-9-18)24(30)16-32-21-12-13-22(26)17(2)14-21/h8-14,20,23H,3-7,15-16H2,1-2H3,(H,28,31)/t23-/m0/s1. The predicted octanol–water partition coefficient (Wildman–Crippen LogP) is 5.14. The van der Waals surface area contributed by atoms with Gasteiger partial charge in [-0.15, -0.1) is 0 Å². The van der Waals surface area contributed by atoms with Crippen LogP contribution >= 0.6 is 15.9 Å². The van der Waals surface area contributed by atoms with Gasteiger partial charge in [0.05, 0.1) is 0 Å². The predicted molar refractivity (Wildman–Crippen MR) is 126 cm³/mol. The van der Waals surface area contributed by atoms with Crippen LogP contribution < -0.4 is 10.1 Å². The van der Waals surface area contributed by atoms with Crippen LogP contribution in [-0.4, -0.2) is 35.4 Å². The molecule has 0 saturated heterocycles. The summed E-state index contributed by atoms with van der Waals surface area (Å²) in [7, 11) is 0. The quantitative estimate of drug-likeness (QED) is 0.514. The number of amides is 2. The zero-order valence-corrected chi connectivity index (χ0v) is 20.2. The molecule has 1 atom stereocenters. The van der Waals surface area contributed by atoms with E-state index in [2.05, 4.69) is 21.2 Å². The fourth-order valence-electron chi connectivity index (χ4n) is 4.01. The van der Waals surface area contributed by atoms with E-state index in [-0.39, 0.29) is 36.8 Å². The average molecular weight is 505 g/mol. The van der Waals surface area contributed by atoms with Crippen molar-refractivity contribution in [3.63, 3.8) is 0 Å². The minimum absolute atomic E-state index is 0.144. The largest absolute Gasteiger partial charge is 0.484 e. The van der Waals surface area contributed by atoms with Crippen LogP contribution in [0.5, 0.6) is 5.75 Å². The molecule has 172 valence electrons. The van der Waals surface area contributed by atoms with E-state index in [1.165, 1.54) is 12.1 Å². The highest BCUT2D eigenvalue weighted by molar-refractivity contribution is 9.10. The number of ether oxygens (including phenoxy) is 1. The topological polar surface area (TPSA) is 58.6 Å². The number of carbonyl (C=O) groups excluding carboxylic acids is 2. The monoisotopic (exact) mass is 504 g/mol. The van der Waals surface area contributed by atoms with E-state index >= 15 is 0 Å². The summed E-state index contributed by atoms with van der Waals surface area (Å²) in [5.74, 6) is -0.187. The van der Waals surface area contributed by atoms with Gasteiger partial charge in [-0.2, -0.15) is 0 Å². The fourth-order valence-corrected chi connectivity index (χ4v) is 4.26. The summed E-state index contributed by atoms with van der Waals surface area (Å²) < 4.78 is 20.1. The van der Waals surface area contributed by atoms with Crippen LogP contribution in [0.15, 0.2) is 46.9 Å². The van der Waals surface area contributed by atoms with Gasteiger partial charge in [0.25, 0.3) is 5.91 Å². The summed E-state index contributed by atoms with van der Waals surface area (Å²) in [6.45, 7) is 3.86. The molecule has 2 amide bonds. The van der Waals surface area contributed by atoms with Gasteiger partial charge in [0.15, 0.2) is 6.61 Å². The molecule has 1 saturated carbocycles. The van der Waals surface area contributed by atoms with E-state index in [1.807, 2.05) is 26.0 Å². The van der Waals surface area contributed by atoms with Crippen LogP contribution in [0, 0.1) is 12.7 Å². The Balaban J connectivity index is 1.75. The number of halogens is 2. The van der Waals surface area contributed by atoms with Gasteiger partial charge < -0.3 is 15.0 Å². The van der Waals surface area contributed by atoms with E-state index < -0.39 is 6.04 Å². The molecule has 1 aliphatic carbocycles. The minimum atomic E-state index is -0.622. The molecule has 0 aromatic heterocycles. The van der Waals surface area contributed by atoms with Gasteiger partial charge in [-0.3, -0.25) is 9.59 Å². The summed E-state index contributed by atoms with van der Waals surface area (Å²) in [5.41, 5.74) is 1.76. The molecule has 1 N–H and O–H groups in total. The van der Waals surface area contributed by atoms with Crippen molar-refractivity contribution in [1.82, 2.24) is 10.2 Å². The number of benzene rings is 2. The highest BCUT2D eigenvalue weighted by atomic mass is 79.9. The molecule has 7 heteroatoms. The van der Waals surface area contributed by atoms with Crippen LogP contribution in [0.1, 0.15) is 50.2 Å². The molecule has 0 radical (unpaired) electrons. The molecule has 0 unspecified atom stereocenters. The van der Waals surface area contributed by atoms with Crippen molar-refractivity contribution < 1.29 is 18.7 Å². The molecule has 3 rings (SSSR count). The van der Waals surface area contributed by atoms with E-state index in [9.17, 15) is 14.0 Å². The van der Waals surface area contributed by atoms with Crippen LogP contribution in [-0.2, 0) is 16.1 Å². The lowest BCUT2D eigenvalue weighted by atomic mass is 10.1. The van der Waals surface area contributed by atoms with Crippen LogP contribution in [0.4, 0.5) is 4.39 Å². The normalized spacial score (nSPS) is 14.8. The number of aryl methyl sites for hydroxylation is 1. The van der Waals surface area contributed by atoms with Crippen molar-refractivity contribution in [1.29, 1.82) is 0 Å². The zero-order chi connectivity index (χ0) is 23.1. The van der Waals surface area contributed by atoms with Crippen LogP contribution in [0.3, 0.4) is 0 Å². The van der Waals surface area contributed by atoms with Gasteiger partial charge in [-0.1, -0.05) is 47.8 Å². The summed E-state index contributed by atoms with van der Waals surface area (Å²) in [4.78, 5) is 27.8. The number of hydrogen-bond donors (Lipinski definition) is 1. The molecule has 0 bridgehead atoms. The SMILES string of the molecule is CC[C@@H](C(=O)NC1CCCC1)N(Cc1ccc(F)cc1)C(=O)COc1ccc(Br)c(C)c1.